The number of guanidine groups is 1. The fourth-order valence-electron chi connectivity index (χ4n) is 1.60. The molecule has 0 atom stereocenters. The predicted octanol–water partition coefficient (Wildman–Crippen LogP) is 2.55. The van der Waals surface area contributed by atoms with Crippen molar-refractivity contribution in [3.63, 3.8) is 0 Å². The second-order valence-corrected chi connectivity index (χ2v) is 4.36. The summed E-state index contributed by atoms with van der Waals surface area (Å²) < 4.78 is 0. The molecule has 0 aliphatic heterocycles. The van der Waals surface area contributed by atoms with E-state index in [1.807, 2.05) is 30.3 Å². The average Bonchev–Trinajstić information content (AvgIpc) is 2.94. The Balaban J connectivity index is 0.00000200. The number of rotatable bonds is 4. The van der Waals surface area contributed by atoms with Crippen molar-refractivity contribution in [1.82, 2.24) is 20.8 Å². The number of H-pyrrole nitrogens is 1. The van der Waals surface area contributed by atoms with E-state index >= 15 is 0 Å². The van der Waals surface area contributed by atoms with Crippen LogP contribution in [0.15, 0.2) is 41.5 Å². The number of benzene rings is 1. The van der Waals surface area contributed by atoms with Crippen molar-refractivity contribution in [2.45, 2.75) is 13.1 Å². The van der Waals surface area contributed by atoms with Crippen LogP contribution in [0.25, 0.3) is 0 Å². The Labute approximate surface area is 140 Å². The molecule has 0 spiro atoms. The van der Waals surface area contributed by atoms with Crippen molar-refractivity contribution in [3.8, 4) is 0 Å². The van der Waals surface area contributed by atoms with Crippen LogP contribution in [0.1, 0.15) is 11.3 Å². The third kappa shape index (κ3) is 5.01. The van der Waals surface area contributed by atoms with E-state index in [1.54, 1.807) is 13.2 Å². The zero-order valence-electron chi connectivity index (χ0n) is 11.1. The zero-order valence-corrected chi connectivity index (χ0v) is 14.1. The Morgan fingerprint density at radius 3 is 2.65 bits per heavy atom. The quantitative estimate of drug-likeness (QED) is 0.416. The van der Waals surface area contributed by atoms with Gasteiger partial charge in [0.05, 0.1) is 12.2 Å². The maximum absolute atomic E-state index is 6.10. The van der Waals surface area contributed by atoms with Crippen molar-refractivity contribution in [2.24, 2.45) is 4.99 Å². The minimum Gasteiger partial charge on any atom is -0.352 e. The molecule has 1 aromatic carbocycles. The summed E-state index contributed by atoms with van der Waals surface area (Å²) in [6.45, 7) is 1.27. The number of aromatic nitrogens is 2. The van der Waals surface area contributed by atoms with Gasteiger partial charge in [-0.25, -0.2) is 0 Å². The van der Waals surface area contributed by atoms with Gasteiger partial charge in [-0.3, -0.25) is 10.1 Å². The van der Waals surface area contributed by atoms with Crippen LogP contribution in [0.2, 0.25) is 5.02 Å². The van der Waals surface area contributed by atoms with Crippen LogP contribution in [0.5, 0.6) is 0 Å². The van der Waals surface area contributed by atoms with E-state index in [1.165, 1.54) is 0 Å². The Morgan fingerprint density at radius 2 is 2.00 bits per heavy atom. The smallest absolute Gasteiger partial charge is 0.191 e. The first-order valence-electron chi connectivity index (χ1n) is 5.96. The highest BCUT2D eigenvalue weighted by Gasteiger charge is 2.02. The molecular formula is C13H17ClIN5. The van der Waals surface area contributed by atoms with Crippen LogP contribution in [0, 0.1) is 0 Å². The normalized spacial score (nSPS) is 10.8. The number of halogens is 2. The maximum Gasteiger partial charge on any atom is 0.191 e. The topological polar surface area (TPSA) is 65.1 Å². The molecule has 20 heavy (non-hydrogen) atoms. The van der Waals surface area contributed by atoms with Crippen molar-refractivity contribution in [1.29, 1.82) is 0 Å². The molecule has 0 amide bonds. The second-order valence-electron chi connectivity index (χ2n) is 3.95. The largest absolute Gasteiger partial charge is 0.352 e. The molecule has 0 aliphatic carbocycles. The predicted molar refractivity (Wildman–Crippen MR) is 92.5 cm³/mol. The minimum absolute atomic E-state index is 0. The van der Waals surface area contributed by atoms with Crippen LogP contribution in [-0.2, 0) is 13.1 Å². The van der Waals surface area contributed by atoms with Crippen LogP contribution >= 0.6 is 35.6 Å². The fraction of sp³-hybridized carbons (Fsp3) is 0.231. The number of nitrogens with one attached hydrogen (secondary N) is 3. The maximum atomic E-state index is 6.10. The van der Waals surface area contributed by atoms with Crippen LogP contribution in [0.4, 0.5) is 0 Å². The van der Waals surface area contributed by atoms with Gasteiger partial charge in [0.1, 0.15) is 0 Å². The molecule has 0 radical (unpaired) electrons. The molecule has 5 nitrogen and oxygen atoms in total. The van der Waals surface area contributed by atoms with Crippen LogP contribution in [-0.4, -0.2) is 23.2 Å². The van der Waals surface area contributed by atoms with Crippen LogP contribution in [0.3, 0.4) is 0 Å². The first-order valence-corrected chi connectivity index (χ1v) is 6.33. The van der Waals surface area contributed by atoms with Gasteiger partial charge in [0.2, 0.25) is 0 Å². The Hall–Kier alpha value is -1.28. The lowest BCUT2D eigenvalue weighted by atomic mass is 10.2. The van der Waals surface area contributed by atoms with E-state index in [9.17, 15) is 0 Å². The number of aromatic amines is 1. The number of hydrogen-bond donors (Lipinski definition) is 3. The molecule has 108 valence electrons. The first-order chi connectivity index (χ1) is 9.29. The number of hydrogen-bond acceptors (Lipinski definition) is 2. The monoisotopic (exact) mass is 405 g/mol. The van der Waals surface area contributed by atoms with E-state index in [0.29, 0.717) is 13.1 Å². The van der Waals surface area contributed by atoms with Gasteiger partial charge in [-0.15, -0.1) is 24.0 Å². The molecule has 0 saturated heterocycles. The van der Waals surface area contributed by atoms with Gasteiger partial charge >= 0.3 is 0 Å². The summed E-state index contributed by atoms with van der Waals surface area (Å²) in [5.41, 5.74) is 2.04. The summed E-state index contributed by atoms with van der Waals surface area (Å²) in [4.78, 5) is 4.15. The highest BCUT2D eigenvalue weighted by molar-refractivity contribution is 14.0. The lowest BCUT2D eigenvalue weighted by Crippen LogP contribution is -2.36. The lowest BCUT2D eigenvalue weighted by molar-refractivity contribution is 0.790. The second kappa shape index (κ2) is 8.80. The fourth-order valence-corrected chi connectivity index (χ4v) is 1.81. The van der Waals surface area contributed by atoms with Crippen molar-refractivity contribution in [2.75, 3.05) is 7.05 Å². The summed E-state index contributed by atoms with van der Waals surface area (Å²) in [7, 11) is 1.73. The Morgan fingerprint density at radius 1 is 1.25 bits per heavy atom. The summed E-state index contributed by atoms with van der Waals surface area (Å²) in [5.74, 6) is 0.717. The van der Waals surface area contributed by atoms with Crippen molar-refractivity contribution >= 4 is 41.5 Å². The zero-order chi connectivity index (χ0) is 13.5. The Kier molecular flexibility index (Phi) is 7.38. The highest BCUT2D eigenvalue weighted by Crippen LogP contribution is 2.14. The lowest BCUT2D eigenvalue weighted by Gasteiger charge is -2.11. The molecule has 3 N–H and O–H groups in total. The summed E-state index contributed by atoms with van der Waals surface area (Å²) in [6, 6.07) is 9.64. The van der Waals surface area contributed by atoms with Gasteiger partial charge < -0.3 is 10.6 Å². The van der Waals surface area contributed by atoms with Gasteiger partial charge in [-0.05, 0) is 17.7 Å². The number of nitrogens with zero attached hydrogens (tertiary/aromatic N) is 2. The molecule has 0 fully saturated rings. The highest BCUT2D eigenvalue weighted by atomic mass is 127. The summed E-state index contributed by atoms with van der Waals surface area (Å²) >= 11 is 6.10. The summed E-state index contributed by atoms with van der Waals surface area (Å²) in [6.07, 6.45) is 1.72. The van der Waals surface area contributed by atoms with Crippen LogP contribution < -0.4 is 10.6 Å². The van der Waals surface area contributed by atoms with E-state index in [2.05, 4.69) is 25.8 Å². The molecular weight excluding hydrogens is 389 g/mol. The molecule has 0 aliphatic rings. The van der Waals surface area contributed by atoms with Crippen molar-refractivity contribution in [3.05, 3.63) is 52.8 Å². The molecule has 2 aromatic rings. The first kappa shape index (κ1) is 16.8. The van der Waals surface area contributed by atoms with E-state index in [0.717, 1.165) is 22.2 Å². The molecule has 0 unspecified atom stereocenters. The van der Waals surface area contributed by atoms with E-state index in [4.69, 9.17) is 11.6 Å². The molecule has 2 rings (SSSR count). The van der Waals surface area contributed by atoms with Crippen molar-refractivity contribution < 1.29 is 0 Å². The summed E-state index contributed by atoms with van der Waals surface area (Å²) in [5, 5.41) is 13.9. The van der Waals surface area contributed by atoms with E-state index < -0.39 is 0 Å². The molecule has 1 heterocycles. The molecule has 1 aromatic heterocycles. The Bertz CT molecular complexity index is 541. The third-order valence-electron chi connectivity index (χ3n) is 2.63. The SMILES string of the molecule is CN=C(NCc1ccn[nH]1)NCc1ccccc1Cl.I. The van der Waals surface area contributed by atoms with Gasteiger partial charge in [-0.2, -0.15) is 5.10 Å². The minimum atomic E-state index is 0. The molecule has 7 heteroatoms. The average molecular weight is 406 g/mol. The van der Waals surface area contributed by atoms with E-state index in [-0.39, 0.29) is 24.0 Å². The molecule has 0 bridgehead atoms. The standard InChI is InChI=1S/C13H16ClN5.HI/c1-15-13(17-9-11-6-7-18-19-11)16-8-10-4-2-3-5-12(10)14;/h2-7H,8-9H2,1H3,(H,18,19)(H2,15,16,17);1H. The third-order valence-corrected chi connectivity index (χ3v) is 3.00. The number of aliphatic imine (C=N–C) groups is 1. The van der Waals surface area contributed by atoms with Gasteiger partial charge in [0.25, 0.3) is 0 Å². The van der Waals surface area contributed by atoms with Gasteiger partial charge in [-0.1, -0.05) is 29.8 Å². The van der Waals surface area contributed by atoms with Gasteiger partial charge in [0, 0.05) is 24.8 Å². The molecule has 0 saturated carbocycles. The van der Waals surface area contributed by atoms with Gasteiger partial charge in [0.15, 0.2) is 5.96 Å².